The highest BCUT2D eigenvalue weighted by atomic mass is 32.2. The van der Waals surface area contributed by atoms with E-state index in [-0.39, 0.29) is 17.5 Å². The highest BCUT2D eigenvalue weighted by molar-refractivity contribution is 7.99. The van der Waals surface area contributed by atoms with E-state index in [1.807, 2.05) is 26.0 Å². The van der Waals surface area contributed by atoms with Crippen molar-refractivity contribution in [1.82, 2.24) is 20.2 Å². The summed E-state index contributed by atoms with van der Waals surface area (Å²) in [6, 6.07) is 11.6. The summed E-state index contributed by atoms with van der Waals surface area (Å²) >= 11 is 1.23. The van der Waals surface area contributed by atoms with Gasteiger partial charge in [0.1, 0.15) is 5.82 Å². The molecule has 0 spiro atoms. The van der Waals surface area contributed by atoms with Crippen LogP contribution < -0.4 is 5.32 Å². The molecule has 0 aliphatic heterocycles. The van der Waals surface area contributed by atoms with Crippen LogP contribution in [0.25, 0.3) is 5.69 Å². The number of benzene rings is 2. The minimum absolute atomic E-state index is 0.141. The number of aromatic nitrogens is 4. The van der Waals surface area contributed by atoms with E-state index < -0.39 is 0 Å². The van der Waals surface area contributed by atoms with Crippen molar-refractivity contribution in [3.63, 3.8) is 0 Å². The first kappa shape index (κ1) is 17.1. The number of amides is 1. The fraction of sp³-hybridized carbons (Fsp3) is 0.176. The second-order valence-corrected chi connectivity index (χ2v) is 6.51. The van der Waals surface area contributed by atoms with E-state index in [4.69, 9.17) is 0 Å². The Bertz CT molecular complexity index is 874. The van der Waals surface area contributed by atoms with Gasteiger partial charge in [0, 0.05) is 5.69 Å². The van der Waals surface area contributed by atoms with Gasteiger partial charge in [0.2, 0.25) is 11.1 Å². The van der Waals surface area contributed by atoms with Gasteiger partial charge >= 0.3 is 0 Å². The van der Waals surface area contributed by atoms with Gasteiger partial charge in [0.15, 0.2) is 0 Å². The lowest BCUT2D eigenvalue weighted by Crippen LogP contribution is -2.14. The Morgan fingerprint density at radius 1 is 1.16 bits per heavy atom. The molecule has 25 heavy (non-hydrogen) atoms. The first-order chi connectivity index (χ1) is 12.0. The quantitative estimate of drug-likeness (QED) is 0.710. The van der Waals surface area contributed by atoms with E-state index >= 15 is 0 Å². The smallest absolute Gasteiger partial charge is 0.234 e. The summed E-state index contributed by atoms with van der Waals surface area (Å²) in [5.74, 6) is -0.422. The summed E-state index contributed by atoms with van der Waals surface area (Å²) in [4.78, 5) is 12.0. The summed E-state index contributed by atoms with van der Waals surface area (Å²) < 4.78 is 14.5. The van der Waals surface area contributed by atoms with Gasteiger partial charge in [-0.25, -0.2) is 4.39 Å². The molecule has 0 unspecified atom stereocenters. The monoisotopic (exact) mass is 357 g/mol. The molecule has 1 heterocycles. The van der Waals surface area contributed by atoms with Crippen molar-refractivity contribution < 1.29 is 9.18 Å². The zero-order chi connectivity index (χ0) is 17.8. The number of aryl methyl sites for hydroxylation is 2. The number of nitrogens with zero attached hydrogens (tertiary/aromatic N) is 4. The Morgan fingerprint density at radius 2 is 1.84 bits per heavy atom. The van der Waals surface area contributed by atoms with Crippen molar-refractivity contribution >= 4 is 23.4 Å². The number of tetrazole rings is 1. The molecule has 3 aromatic rings. The van der Waals surface area contributed by atoms with Gasteiger partial charge in [-0.1, -0.05) is 17.8 Å². The number of hydrogen-bond acceptors (Lipinski definition) is 5. The van der Waals surface area contributed by atoms with Crippen LogP contribution in [-0.2, 0) is 4.79 Å². The molecule has 0 atom stereocenters. The summed E-state index contributed by atoms with van der Waals surface area (Å²) in [5.41, 5.74) is 3.61. The molecular formula is C17H16FN5OS. The van der Waals surface area contributed by atoms with Crippen molar-refractivity contribution in [2.45, 2.75) is 19.0 Å². The lowest BCUT2D eigenvalue weighted by molar-refractivity contribution is -0.113. The van der Waals surface area contributed by atoms with Crippen LogP contribution in [0.3, 0.4) is 0 Å². The number of carbonyl (C=O) groups is 1. The topological polar surface area (TPSA) is 72.7 Å². The molecule has 3 rings (SSSR count). The fourth-order valence-corrected chi connectivity index (χ4v) is 3.06. The Morgan fingerprint density at radius 3 is 2.52 bits per heavy atom. The second kappa shape index (κ2) is 7.43. The lowest BCUT2D eigenvalue weighted by Gasteiger charge is -2.07. The third-order valence-electron chi connectivity index (χ3n) is 3.35. The van der Waals surface area contributed by atoms with Crippen LogP contribution in [-0.4, -0.2) is 31.9 Å². The predicted molar refractivity (Wildman–Crippen MR) is 94.4 cm³/mol. The third-order valence-corrected chi connectivity index (χ3v) is 4.27. The lowest BCUT2D eigenvalue weighted by atomic mass is 10.1. The number of thioether (sulfide) groups is 1. The number of carbonyl (C=O) groups excluding carboxylic acids is 1. The molecule has 8 heteroatoms. The standard InChI is InChI=1S/C17H16FN5OS/c1-11-7-12(2)9-15(8-11)23-17(20-21-22-23)25-10-16(24)19-14-5-3-13(18)4-6-14/h3-9H,10H2,1-2H3,(H,19,24). The van der Waals surface area contributed by atoms with E-state index in [9.17, 15) is 9.18 Å². The van der Waals surface area contributed by atoms with Crippen LogP contribution in [0.2, 0.25) is 0 Å². The van der Waals surface area contributed by atoms with Crippen LogP contribution >= 0.6 is 11.8 Å². The van der Waals surface area contributed by atoms with E-state index in [2.05, 4.69) is 26.9 Å². The molecular weight excluding hydrogens is 341 g/mol. The molecule has 6 nitrogen and oxygen atoms in total. The van der Waals surface area contributed by atoms with E-state index in [1.54, 1.807) is 4.68 Å². The van der Waals surface area contributed by atoms with Gasteiger partial charge in [-0.2, -0.15) is 4.68 Å². The largest absolute Gasteiger partial charge is 0.325 e. The normalized spacial score (nSPS) is 10.7. The molecule has 0 radical (unpaired) electrons. The SMILES string of the molecule is Cc1cc(C)cc(-n2nnnc2SCC(=O)Nc2ccc(F)cc2)c1. The van der Waals surface area contributed by atoms with Crippen LogP contribution in [0.15, 0.2) is 47.6 Å². The molecule has 128 valence electrons. The minimum Gasteiger partial charge on any atom is -0.325 e. The van der Waals surface area contributed by atoms with Gasteiger partial charge in [-0.05, 0) is 71.8 Å². The average Bonchev–Trinajstić information content (AvgIpc) is 3.03. The van der Waals surface area contributed by atoms with Crippen LogP contribution in [0.5, 0.6) is 0 Å². The van der Waals surface area contributed by atoms with Gasteiger partial charge in [-0.3, -0.25) is 4.79 Å². The van der Waals surface area contributed by atoms with Gasteiger partial charge < -0.3 is 5.32 Å². The summed E-state index contributed by atoms with van der Waals surface area (Å²) in [7, 11) is 0. The molecule has 0 saturated carbocycles. The molecule has 0 fully saturated rings. The molecule has 0 saturated heterocycles. The first-order valence-electron chi connectivity index (χ1n) is 7.56. The molecule has 0 aliphatic rings. The first-order valence-corrected chi connectivity index (χ1v) is 8.55. The van der Waals surface area contributed by atoms with Crippen molar-refractivity contribution in [2.75, 3.05) is 11.1 Å². The van der Waals surface area contributed by atoms with Gasteiger partial charge in [0.25, 0.3) is 0 Å². The fourth-order valence-electron chi connectivity index (χ4n) is 2.36. The van der Waals surface area contributed by atoms with Crippen molar-refractivity contribution in [3.8, 4) is 5.69 Å². The Hall–Kier alpha value is -2.74. The number of hydrogen-bond donors (Lipinski definition) is 1. The highest BCUT2D eigenvalue weighted by Gasteiger charge is 2.12. The highest BCUT2D eigenvalue weighted by Crippen LogP contribution is 2.20. The van der Waals surface area contributed by atoms with Crippen molar-refractivity contribution in [2.24, 2.45) is 0 Å². The summed E-state index contributed by atoms with van der Waals surface area (Å²) in [6.07, 6.45) is 0. The van der Waals surface area contributed by atoms with Crippen LogP contribution in [0.4, 0.5) is 10.1 Å². The molecule has 0 bridgehead atoms. The third kappa shape index (κ3) is 4.42. The maximum absolute atomic E-state index is 12.9. The molecule has 1 amide bonds. The number of halogens is 1. The Kier molecular flexibility index (Phi) is 5.08. The predicted octanol–water partition coefficient (Wildman–Crippen LogP) is 3.15. The zero-order valence-corrected chi connectivity index (χ0v) is 14.5. The molecule has 1 N–H and O–H groups in total. The molecule has 0 aliphatic carbocycles. The Balaban J connectivity index is 1.67. The average molecular weight is 357 g/mol. The van der Waals surface area contributed by atoms with E-state index in [0.717, 1.165) is 16.8 Å². The van der Waals surface area contributed by atoms with Crippen LogP contribution in [0, 0.1) is 19.7 Å². The number of nitrogens with one attached hydrogen (secondary N) is 1. The number of rotatable bonds is 5. The van der Waals surface area contributed by atoms with E-state index in [1.165, 1.54) is 36.0 Å². The Labute approximate surface area is 148 Å². The molecule has 1 aromatic heterocycles. The maximum atomic E-state index is 12.9. The number of anilines is 1. The van der Waals surface area contributed by atoms with Gasteiger partial charge in [-0.15, -0.1) is 5.10 Å². The van der Waals surface area contributed by atoms with Crippen molar-refractivity contribution in [1.29, 1.82) is 0 Å². The van der Waals surface area contributed by atoms with E-state index in [0.29, 0.717) is 10.8 Å². The van der Waals surface area contributed by atoms with Crippen LogP contribution in [0.1, 0.15) is 11.1 Å². The maximum Gasteiger partial charge on any atom is 0.234 e. The second-order valence-electron chi connectivity index (χ2n) is 5.56. The molecule has 2 aromatic carbocycles. The van der Waals surface area contributed by atoms with Gasteiger partial charge in [0.05, 0.1) is 11.4 Å². The minimum atomic E-state index is -0.347. The summed E-state index contributed by atoms with van der Waals surface area (Å²) in [5, 5.41) is 14.9. The zero-order valence-electron chi connectivity index (χ0n) is 13.7. The summed E-state index contributed by atoms with van der Waals surface area (Å²) in [6.45, 7) is 4.01. The van der Waals surface area contributed by atoms with Crippen molar-refractivity contribution in [3.05, 3.63) is 59.4 Å².